The van der Waals surface area contributed by atoms with Crippen LogP contribution in [0.15, 0.2) is 54.6 Å². The molecule has 1 fully saturated rings. The first-order valence-corrected chi connectivity index (χ1v) is 10.1. The largest absolute Gasteiger partial charge is 0.494 e. The van der Waals surface area contributed by atoms with Crippen molar-refractivity contribution >= 4 is 22.5 Å². The minimum absolute atomic E-state index is 0.255. The lowest BCUT2D eigenvalue weighted by Crippen LogP contribution is -2.28. The zero-order valence-corrected chi connectivity index (χ0v) is 17.0. The number of ether oxygens (including phenoxy) is 1. The van der Waals surface area contributed by atoms with Crippen LogP contribution in [0.3, 0.4) is 0 Å². The summed E-state index contributed by atoms with van der Waals surface area (Å²) in [4.78, 5) is 19.1. The first-order chi connectivity index (χ1) is 14.1. The summed E-state index contributed by atoms with van der Waals surface area (Å²) in [5.74, 6) is 1.34. The summed E-state index contributed by atoms with van der Waals surface area (Å²) in [5, 5.41) is 4.60. The molecule has 5 heteroatoms. The van der Waals surface area contributed by atoms with Gasteiger partial charge >= 0.3 is 0 Å². The molecular formula is C24H27N3O2. The molecule has 0 radical (unpaired) electrons. The molecule has 4 rings (SSSR count). The van der Waals surface area contributed by atoms with E-state index in [4.69, 9.17) is 4.74 Å². The number of anilines is 1. The van der Waals surface area contributed by atoms with Gasteiger partial charge < -0.3 is 15.0 Å². The zero-order valence-electron chi connectivity index (χ0n) is 17.0. The highest BCUT2D eigenvalue weighted by Gasteiger charge is 2.29. The van der Waals surface area contributed by atoms with Crippen molar-refractivity contribution in [3.05, 3.63) is 65.9 Å². The topological polar surface area (TPSA) is 54.5 Å². The van der Waals surface area contributed by atoms with E-state index in [2.05, 4.69) is 34.6 Å². The molecule has 29 heavy (non-hydrogen) atoms. The van der Waals surface area contributed by atoms with Crippen LogP contribution in [0.1, 0.15) is 17.7 Å². The van der Waals surface area contributed by atoms with Gasteiger partial charge in [0.1, 0.15) is 11.3 Å². The molecule has 0 aliphatic carbocycles. The lowest BCUT2D eigenvalue weighted by molar-refractivity contribution is -0.127. The minimum atomic E-state index is 0.255. The third-order valence-electron chi connectivity index (χ3n) is 5.54. The number of carbonyl (C=O) groups is 1. The third kappa shape index (κ3) is 4.34. The summed E-state index contributed by atoms with van der Waals surface area (Å²) in [5.41, 5.74) is 4.12. The van der Waals surface area contributed by atoms with E-state index >= 15 is 0 Å². The molecule has 0 bridgehead atoms. The molecule has 1 aliphatic heterocycles. The number of nitrogens with zero attached hydrogens (tertiary/aromatic N) is 2. The van der Waals surface area contributed by atoms with Gasteiger partial charge in [0.15, 0.2) is 0 Å². The number of methoxy groups -OCH3 is 1. The SMILES string of the molecule is COc1cccc2c(NCC3CC(=O)N(CCc4ccccc4)C3)cc(C)nc12. The Balaban J connectivity index is 1.40. The van der Waals surface area contributed by atoms with E-state index in [0.29, 0.717) is 12.3 Å². The quantitative estimate of drug-likeness (QED) is 0.662. The molecule has 1 aromatic heterocycles. The molecule has 5 nitrogen and oxygen atoms in total. The van der Waals surface area contributed by atoms with Crippen LogP contribution in [-0.4, -0.2) is 42.5 Å². The number of nitrogens with one attached hydrogen (secondary N) is 1. The number of fused-ring (bicyclic) bond motifs is 1. The number of amides is 1. The van der Waals surface area contributed by atoms with Crippen molar-refractivity contribution in [2.24, 2.45) is 5.92 Å². The smallest absolute Gasteiger partial charge is 0.223 e. The highest BCUT2D eigenvalue weighted by molar-refractivity contribution is 5.95. The Morgan fingerprint density at radius 2 is 2.00 bits per heavy atom. The molecule has 3 aromatic rings. The van der Waals surface area contributed by atoms with Gasteiger partial charge in [-0.05, 0) is 31.0 Å². The van der Waals surface area contributed by atoms with Gasteiger partial charge in [0.2, 0.25) is 5.91 Å². The van der Waals surface area contributed by atoms with Gasteiger partial charge in [-0.1, -0.05) is 42.5 Å². The van der Waals surface area contributed by atoms with Gasteiger partial charge in [0, 0.05) is 48.7 Å². The summed E-state index contributed by atoms with van der Waals surface area (Å²) in [6.07, 6.45) is 1.51. The van der Waals surface area contributed by atoms with Crippen LogP contribution in [0.4, 0.5) is 5.69 Å². The van der Waals surface area contributed by atoms with Gasteiger partial charge in [0.25, 0.3) is 0 Å². The molecule has 1 saturated heterocycles. The Kier molecular flexibility index (Phi) is 5.65. The van der Waals surface area contributed by atoms with Crippen molar-refractivity contribution in [2.45, 2.75) is 19.8 Å². The van der Waals surface area contributed by atoms with E-state index < -0.39 is 0 Å². The molecule has 1 aliphatic rings. The van der Waals surface area contributed by atoms with Crippen molar-refractivity contribution in [1.29, 1.82) is 0 Å². The number of hydrogen-bond acceptors (Lipinski definition) is 4. The maximum atomic E-state index is 12.4. The Morgan fingerprint density at radius 1 is 1.17 bits per heavy atom. The van der Waals surface area contributed by atoms with E-state index in [0.717, 1.165) is 54.1 Å². The van der Waals surface area contributed by atoms with Gasteiger partial charge in [-0.25, -0.2) is 4.98 Å². The maximum absolute atomic E-state index is 12.4. The number of carbonyl (C=O) groups excluding carboxylic acids is 1. The highest BCUT2D eigenvalue weighted by Crippen LogP contribution is 2.30. The Labute approximate surface area is 171 Å². The summed E-state index contributed by atoms with van der Waals surface area (Å²) in [6.45, 7) is 4.35. The van der Waals surface area contributed by atoms with E-state index in [1.54, 1.807) is 7.11 Å². The number of pyridine rings is 1. The first kappa shape index (κ1) is 19.2. The summed E-state index contributed by atoms with van der Waals surface area (Å²) in [6, 6.07) is 18.4. The normalized spacial score (nSPS) is 16.4. The monoisotopic (exact) mass is 389 g/mol. The highest BCUT2D eigenvalue weighted by atomic mass is 16.5. The molecule has 2 aromatic carbocycles. The van der Waals surface area contributed by atoms with Crippen LogP contribution in [-0.2, 0) is 11.2 Å². The fourth-order valence-corrected chi connectivity index (χ4v) is 4.03. The molecule has 1 amide bonds. The second-order valence-corrected chi connectivity index (χ2v) is 7.69. The Bertz CT molecular complexity index is 1000. The van der Waals surface area contributed by atoms with Crippen LogP contribution in [0.2, 0.25) is 0 Å². The Morgan fingerprint density at radius 3 is 2.79 bits per heavy atom. The first-order valence-electron chi connectivity index (χ1n) is 10.1. The lowest BCUT2D eigenvalue weighted by Gasteiger charge is -2.18. The summed E-state index contributed by atoms with van der Waals surface area (Å²) >= 11 is 0. The van der Waals surface area contributed by atoms with Crippen molar-refractivity contribution in [2.75, 3.05) is 32.1 Å². The Hall–Kier alpha value is -3.08. The summed E-state index contributed by atoms with van der Waals surface area (Å²) < 4.78 is 5.47. The number of rotatable bonds is 7. The number of para-hydroxylation sites is 1. The van der Waals surface area contributed by atoms with Crippen LogP contribution >= 0.6 is 0 Å². The average molecular weight is 389 g/mol. The number of aryl methyl sites for hydroxylation is 1. The fraction of sp³-hybridized carbons (Fsp3) is 0.333. The zero-order chi connectivity index (χ0) is 20.2. The van der Waals surface area contributed by atoms with Crippen LogP contribution < -0.4 is 10.1 Å². The molecule has 1 unspecified atom stereocenters. The molecule has 2 heterocycles. The van der Waals surface area contributed by atoms with Crippen molar-refractivity contribution in [1.82, 2.24) is 9.88 Å². The van der Waals surface area contributed by atoms with Crippen molar-refractivity contribution < 1.29 is 9.53 Å². The van der Waals surface area contributed by atoms with Gasteiger partial charge in [-0.3, -0.25) is 4.79 Å². The lowest BCUT2D eigenvalue weighted by atomic mass is 10.1. The van der Waals surface area contributed by atoms with E-state index in [9.17, 15) is 4.79 Å². The van der Waals surface area contributed by atoms with E-state index in [1.807, 2.05) is 42.2 Å². The number of hydrogen-bond donors (Lipinski definition) is 1. The van der Waals surface area contributed by atoms with Crippen molar-refractivity contribution in [3.8, 4) is 5.75 Å². The molecule has 1 N–H and O–H groups in total. The predicted octanol–water partition coefficient (Wildman–Crippen LogP) is 4.05. The standard InChI is InChI=1S/C24H27N3O2/c1-17-13-21(20-9-6-10-22(29-2)24(20)26-17)25-15-19-14-23(28)27(16-19)12-11-18-7-4-3-5-8-18/h3-10,13,19H,11-12,14-16H2,1-2H3,(H,25,26). The maximum Gasteiger partial charge on any atom is 0.223 e. The van der Waals surface area contributed by atoms with Crippen molar-refractivity contribution in [3.63, 3.8) is 0 Å². The van der Waals surface area contributed by atoms with Crippen LogP contribution in [0.25, 0.3) is 10.9 Å². The summed E-state index contributed by atoms with van der Waals surface area (Å²) in [7, 11) is 1.67. The number of benzene rings is 2. The molecular weight excluding hydrogens is 362 g/mol. The average Bonchev–Trinajstić information content (AvgIpc) is 3.10. The van der Waals surface area contributed by atoms with Crippen LogP contribution in [0.5, 0.6) is 5.75 Å². The van der Waals surface area contributed by atoms with Gasteiger partial charge in [-0.2, -0.15) is 0 Å². The second kappa shape index (κ2) is 8.52. The second-order valence-electron chi connectivity index (χ2n) is 7.69. The molecule has 0 saturated carbocycles. The van der Waals surface area contributed by atoms with Gasteiger partial charge in [0.05, 0.1) is 7.11 Å². The number of aromatic nitrogens is 1. The minimum Gasteiger partial charge on any atom is -0.494 e. The molecule has 1 atom stereocenters. The van der Waals surface area contributed by atoms with E-state index in [-0.39, 0.29) is 5.91 Å². The predicted molar refractivity (Wildman–Crippen MR) is 116 cm³/mol. The molecule has 150 valence electrons. The van der Waals surface area contributed by atoms with E-state index in [1.165, 1.54) is 5.56 Å². The molecule has 0 spiro atoms. The van der Waals surface area contributed by atoms with Gasteiger partial charge in [-0.15, -0.1) is 0 Å². The fourth-order valence-electron chi connectivity index (χ4n) is 4.03. The third-order valence-corrected chi connectivity index (χ3v) is 5.54. The van der Waals surface area contributed by atoms with Crippen LogP contribution in [0, 0.1) is 12.8 Å². The number of likely N-dealkylation sites (tertiary alicyclic amines) is 1.